The molecule has 0 spiro atoms. The molecule has 0 bridgehead atoms. The number of ether oxygens (including phenoxy) is 2. The van der Waals surface area contributed by atoms with Crippen molar-refractivity contribution in [2.75, 3.05) is 6.79 Å². The summed E-state index contributed by atoms with van der Waals surface area (Å²) < 4.78 is 16.6. The molecule has 150 valence electrons. The molecule has 2 aromatic heterocycles. The maximum Gasteiger partial charge on any atom is 0.231 e. The quantitative estimate of drug-likeness (QED) is 0.500. The molecule has 5 rings (SSSR count). The summed E-state index contributed by atoms with van der Waals surface area (Å²) >= 11 is 6.03. The van der Waals surface area contributed by atoms with E-state index < -0.39 is 6.10 Å². The van der Waals surface area contributed by atoms with Crippen LogP contribution in [0.2, 0.25) is 5.02 Å². The van der Waals surface area contributed by atoms with Gasteiger partial charge in [0.15, 0.2) is 17.3 Å². The summed E-state index contributed by atoms with van der Waals surface area (Å²) in [7, 11) is 0. The lowest BCUT2D eigenvalue weighted by Crippen LogP contribution is -2.05. The number of rotatable bonds is 5. The Morgan fingerprint density at radius 2 is 1.87 bits per heavy atom. The van der Waals surface area contributed by atoms with Crippen LogP contribution in [0.3, 0.4) is 0 Å². The third kappa shape index (κ3) is 3.51. The van der Waals surface area contributed by atoms with Crippen molar-refractivity contribution in [3.8, 4) is 22.8 Å². The van der Waals surface area contributed by atoms with Gasteiger partial charge in [-0.1, -0.05) is 28.9 Å². The van der Waals surface area contributed by atoms with E-state index in [9.17, 15) is 5.11 Å². The van der Waals surface area contributed by atoms with Gasteiger partial charge in [0.05, 0.1) is 11.3 Å². The molecule has 0 amide bonds. The van der Waals surface area contributed by atoms with Crippen LogP contribution in [0.15, 0.2) is 71.5 Å². The van der Waals surface area contributed by atoms with Crippen molar-refractivity contribution < 1.29 is 19.1 Å². The van der Waals surface area contributed by atoms with Gasteiger partial charge in [0.2, 0.25) is 6.79 Å². The molecule has 0 fully saturated rings. The Bertz CT molecular complexity index is 1180. The van der Waals surface area contributed by atoms with Crippen molar-refractivity contribution in [1.82, 2.24) is 10.1 Å². The van der Waals surface area contributed by atoms with Crippen molar-refractivity contribution in [2.45, 2.75) is 12.5 Å². The number of pyridine rings is 1. The fourth-order valence-electron chi connectivity index (χ4n) is 3.50. The Balaban J connectivity index is 1.57. The molecule has 0 aliphatic carbocycles. The van der Waals surface area contributed by atoms with Crippen molar-refractivity contribution >= 4 is 11.6 Å². The summed E-state index contributed by atoms with van der Waals surface area (Å²) in [5, 5.41) is 16.1. The summed E-state index contributed by atoms with van der Waals surface area (Å²) in [5.41, 5.74) is 3.64. The highest BCUT2D eigenvalue weighted by atomic mass is 35.5. The molecule has 30 heavy (non-hydrogen) atoms. The van der Waals surface area contributed by atoms with Crippen LogP contribution in [0.4, 0.5) is 0 Å². The molecule has 6 nitrogen and oxygen atoms in total. The predicted octanol–water partition coefficient (Wildman–Crippen LogP) is 4.79. The molecule has 2 aromatic carbocycles. The number of aliphatic hydroxyl groups is 1. The van der Waals surface area contributed by atoms with Crippen LogP contribution in [0.1, 0.15) is 28.5 Å². The third-order valence-corrected chi connectivity index (χ3v) is 5.24. The minimum atomic E-state index is -0.945. The lowest BCUT2D eigenvalue weighted by atomic mass is 9.95. The molecule has 1 unspecified atom stereocenters. The van der Waals surface area contributed by atoms with Gasteiger partial charge in [-0.15, -0.1) is 0 Å². The standard InChI is InChI=1S/C23H17ClN2O4/c24-17-6-4-15(5-7-17)23-21(22(27)16-2-1-9-25-12-16)18(26-30-23)10-14-3-8-19-20(11-14)29-13-28-19/h1-9,11-12,22,27H,10,13H2. The largest absolute Gasteiger partial charge is 0.454 e. The summed E-state index contributed by atoms with van der Waals surface area (Å²) in [6.07, 6.45) is 2.81. The molecule has 1 N–H and O–H groups in total. The van der Waals surface area contributed by atoms with Gasteiger partial charge < -0.3 is 19.1 Å². The number of aromatic nitrogens is 2. The first-order valence-corrected chi connectivity index (χ1v) is 9.78. The highest BCUT2D eigenvalue weighted by Crippen LogP contribution is 2.37. The summed E-state index contributed by atoms with van der Waals surface area (Å²) in [6, 6.07) is 16.6. The lowest BCUT2D eigenvalue weighted by Gasteiger charge is -2.13. The second kappa shape index (κ2) is 7.82. The zero-order valence-corrected chi connectivity index (χ0v) is 16.5. The van der Waals surface area contributed by atoms with Crippen molar-refractivity contribution in [2.24, 2.45) is 0 Å². The number of hydrogen-bond donors (Lipinski definition) is 1. The Morgan fingerprint density at radius 1 is 1.03 bits per heavy atom. The van der Waals surface area contributed by atoms with E-state index in [-0.39, 0.29) is 6.79 Å². The van der Waals surface area contributed by atoms with E-state index in [4.69, 9.17) is 25.6 Å². The van der Waals surface area contributed by atoms with E-state index in [2.05, 4.69) is 10.1 Å². The Kier molecular flexibility index (Phi) is 4.86. The van der Waals surface area contributed by atoms with Gasteiger partial charge in [-0.25, -0.2) is 0 Å². The molecule has 4 aromatic rings. The molecule has 7 heteroatoms. The summed E-state index contributed by atoms with van der Waals surface area (Å²) in [4.78, 5) is 4.12. The van der Waals surface area contributed by atoms with E-state index in [0.29, 0.717) is 39.8 Å². The Morgan fingerprint density at radius 3 is 2.67 bits per heavy atom. The fourth-order valence-corrected chi connectivity index (χ4v) is 3.62. The van der Waals surface area contributed by atoms with Crippen LogP contribution in [0.5, 0.6) is 11.5 Å². The highest BCUT2D eigenvalue weighted by molar-refractivity contribution is 6.30. The fraction of sp³-hybridized carbons (Fsp3) is 0.130. The molecule has 0 saturated carbocycles. The summed E-state index contributed by atoms with van der Waals surface area (Å²) in [6.45, 7) is 0.217. The monoisotopic (exact) mass is 420 g/mol. The van der Waals surface area contributed by atoms with E-state index in [1.807, 2.05) is 36.4 Å². The molecule has 1 aliphatic heterocycles. The van der Waals surface area contributed by atoms with E-state index in [1.165, 1.54) is 0 Å². The number of hydrogen-bond acceptors (Lipinski definition) is 6. The molecule has 0 radical (unpaired) electrons. The first-order chi connectivity index (χ1) is 14.7. The van der Waals surface area contributed by atoms with Gasteiger partial charge in [-0.05, 0) is 48.0 Å². The number of halogens is 1. The first kappa shape index (κ1) is 18.7. The van der Waals surface area contributed by atoms with Gasteiger partial charge in [-0.2, -0.15) is 0 Å². The first-order valence-electron chi connectivity index (χ1n) is 9.40. The molecule has 1 atom stereocenters. The van der Waals surface area contributed by atoms with Crippen LogP contribution >= 0.6 is 11.6 Å². The second-order valence-corrected chi connectivity index (χ2v) is 7.37. The minimum Gasteiger partial charge on any atom is -0.454 e. The Labute approximate surface area is 177 Å². The van der Waals surface area contributed by atoms with Crippen LogP contribution < -0.4 is 9.47 Å². The van der Waals surface area contributed by atoms with Crippen molar-refractivity contribution in [3.63, 3.8) is 0 Å². The zero-order valence-electron chi connectivity index (χ0n) is 15.8. The Hall–Kier alpha value is -3.35. The van der Waals surface area contributed by atoms with E-state index in [1.54, 1.807) is 30.6 Å². The third-order valence-electron chi connectivity index (χ3n) is 4.99. The topological polar surface area (TPSA) is 77.6 Å². The smallest absolute Gasteiger partial charge is 0.231 e. The SMILES string of the molecule is OC(c1cccnc1)c1c(Cc2ccc3c(c2)OCO3)noc1-c1ccc(Cl)cc1. The number of nitrogens with zero attached hydrogens (tertiary/aromatic N) is 2. The predicted molar refractivity (Wildman–Crippen MR) is 111 cm³/mol. The van der Waals surface area contributed by atoms with Crippen molar-refractivity contribution in [1.29, 1.82) is 0 Å². The second-order valence-electron chi connectivity index (χ2n) is 6.93. The van der Waals surface area contributed by atoms with Gasteiger partial charge >= 0.3 is 0 Å². The van der Waals surface area contributed by atoms with E-state index >= 15 is 0 Å². The molecule has 1 aliphatic rings. The lowest BCUT2D eigenvalue weighted by molar-refractivity contribution is 0.174. The molecule has 3 heterocycles. The molecular formula is C23H17ClN2O4. The van der Waals surface area contributed by atoms with Gasteiger partial charge in [0.1, 0.15) is 6.10 Å². The number of aliphatic hydroxyl groups excluding tert-OH is 1. The maximum atomic E-state index is 11.2. The average molecular weight is 421 g/mol. The van der Waals surface area contributed by atoms with Crippen LogP contribution in [-0.4, -0.2) is 22.0 Å². The number of fused-ring (bicyclic) bond motifs is 1. The average Bonchev–Trinajstić information content (AvgIpc) is 3.41. The highest BCUT2D eigenvalue weighted by Gasteiger charge is 2.26. The van der Waals surface area contributed by atoms with Crippen LogP contribution in [-0.2, 0) is 6.42 Å². The molecular weight excluding hydrogens is 404 g/mol. The van der Waals surface area contributed by atoms with Crippen molar-refractivity contribution in [3.05, 3.63) is 94.4 Å². The van der Waals surface area contributed by atoms with Gasteiger partial charge in [-0.3, -0.25) is 4.98 Å². The summed E-state index contributed by atoms with van der Waals surface area (Å²) in [5.74, 6) is 1.92. The maximum absolute atomic E-state index is 11.2. The minimum absolute atomic E-state index is 0.217. The number of benzene rings is 2. The van der Waals surface area contributed by atoms with Crippen LogP contribution in [0, 0.1) is 0 Å². The molecule has 0 saturated heterocycles. The van der Waals surface area contributed by atoms with E-state index in [0.717, 1.165) is 16.9 Å². The normalized spacial score (nSPS) is 13.4. The van der Waals surface area contributed by atoms with Gasteiger partial charge in [0, 0.05) is 35.0 Å². The van der Waals surface area contributed by atoms with Crippen LogP contribution in [0.25, 0.3) is 11.3 Å². The zero-order chi connectivity index (χ0) is 20.5. The van der Waals surface area contributed by atoms with Gasteiger partial charge in [0.25, 0.3) is 0 Å².